The summed E-state index contributed by atoms with van der Waals surface area (Å²) >= 11 is 1.11. The Morgan fingerprint density at radius 3 is 2.58 bits per heavy atom. The van der Waals surface area contributed by atoms with Crippen molar-refractivity contribution >= 4 is 23.3 Å². The first-order chi connectivity index (χ1) is 12.2. The summed E-state index contributed by atoms with van der Waals surface area (Å²) in [5.41, 5.74) is 0.475. The third-order valence-corrected chi connectivity index (χ3v) is 4.41. The molecule has 2 rings (SSSR count). The van der Waals surface area contributed by atoms with Crippen LogP contribution in [0.5, 0.6) is 0 Å². The zero-order valence-electron chi connectivity index (χ0n) is 15.8. The summed E-state index contributed by atoms with van der Waals surface area (Å²) < 4.78 is 3.78. The van der Waals surface area contributed by atoms with Crippen LogP contribution in [-0.4, -0.2) is 42.9 Å². The van der Waals surface area contributed by atoms with E-state index in [1.165, 1.54) is 0 Å². The predicted molar refractivity (Wildman–Crippen MR) is 101 cm³/mol. The lowest BCUT2D eigenvalue weighted by atomic mass is 10.0. The fourth-order valence-corrected chi connectivity index (χ4v) is 3.00. The molecule has 0 saturated heterocycles. The van der Waals surface area contributed by atoms with Crippen LogP contribution in [0, 0.1) is 0 Å². The van der Waals surface area contributed by atoms with Crippen LogP contribution in [-0.2, 0) is 4.79 Å². The molecule has 0 aliphatic heterocycles. The normalized spacial score (nSPS) is 13.7. The molecule has 26 heavy (non-hydrogen) atoms. The number of carbonyl (C=O) groups excluding carboxylic acids is 2. The van der Waals surface area contributed by atoms with Gasteiger partial charge in [-0.25, -0.2) is 0 Å². The molecular formula is C18H25N5O2S. The minimum absolute atomic E-state index is 0.167. The van der Waals surface area contributed by atoms with Crippen molar-refractivity contribution in [1.29, 1.82) is 0 Å². The maximum absolute atomic E-state index is 13.1. The van der Waals surface area contributed by atoms with Gasteiger partial charge in [0.05, 0.1) is 0 Å². The Bertz CT molecular complexity index is 728. The molecule has 7 nitrogen and oxygen atoms in total. The lowest BCUT2D eigenvalue weighted by Gasteiger charge is -2.36. The quantitative estimate of drug-likeness (QED) is 0.839. The van der Waals surface area contributed by atoms with Gasteiger partial charge in [-0.1, -0.05) is 17.5 Å². The van der Waals surface area contributed by atoms with Crippen LogP contribution in [0.3, 0.4) is 0 Å². The van der Waals surface area contributed by atoms with Crippen molar-refractivity contribution in [3.05, 3.63) is 41.2 Å². The highest BCUT2D eigenvalue weighted by Gasteiger charge is 2.36. The minimum Gasteiger partial charge on any atom is -0.349 e. The number of nitrogens with one attached hydrogen (secondary N) is 1. The van der Waals surface area contributed by atoms with Crippen molar-refractivity contribution in [3.8, 4) is 0 Å². The summed E-state index contributed by atoms with van der Waals surface area (Å²) in [4.78, 5) is 32.0. The van der Waals surface area contributed by atoms with Gasteiger partial charge in [-0.3, -0.25) is 14.6 Å². The number of aromatic nitrogens is 3. The Kier molecular flexibility index (Phi) is 6.42. The first-order valence-electron chi connectivity index (χ1n) is 8.56. The zero-order valence-corrected chi connectivity index (χ0v) is 16.6. The molecule has 140 valence electrons. The molecule has 0 aliphatic rings. The van der Waals surface area contributed by atoms with Crippen LogP contribution >= 0.6 is 11.5 Å². The zero-order chi connectivity index (χ0) is 19.3. The summed E-state index contributed by atoms with van der Waals surface area (Å²) in [5, 5.41) is 8.47. The van der Waals surface area contributed by atoms with Gasteiger partial charge in [0.2, 0.25) is 5.91 Å². The van der Waals surface area contributed by atoms with Crippen LogP contribution in [0.15, 0.2) is 29.9 Å². The molecule has 0 fully saturated rings. The van der Waals surface area contributed by atoms with Gasteiger partial charge in [0.15, 0.2) is 5.69 Å². The second-order valence-electron chi connectivity index (χ2n) is 7.19. The van der Waals surface area contributed by atoms with Crippen molar-refractivity contribution in [2.45, 2.75) is 58.7 Å². The average Bonchev–Trinajstić information content (AvgIpc) is 3.12. The largest absolute Gasteiger partial charge is 0.349 e. The molecule has 2 aromatic rings. The van der Waals surface area contributed by atoms with Crippen molar-refractivity contribution in [1.82, 2.24) is 24.8 Å². The van der Waals surface area contributed by atoms with Gasteiger partial charge in [0, 0.05) is 34.9 Å². The van der Waals surface area contributed by atoms with Gasteiger partial charge in [-0.2, -0.15) is 0 Å². The van der Waals surface area contributed by atoms with Crippen molar-refractivity contribution in [2.24, 2.45) is 0 Å². The van der Waals surface area contributed by atoms with Gasteiger partial charge in [0.1, 0.15) is 6.04 Å². The first-order valence-corrected chi connectivity index (χ1v) is 9.40. The molecule has 0 radical (unpaired) electrons. The molecule has 8 heteroatoms. The van der Waals surface area contributed by atoms with Crippen molar-refractivity contribution in [3.63, 3.8) is 0 Å². The summed E-state index contributed by atoms with van der Waals surface area (Å²) in [6.07, 6.45) is 3.96. The standard InChI is InChI=1S/C18H25N5O2S/c1-6-12(2)23(17(25)14-11-26-22-21-14)15(13-8-7-9-19-10-13)16(24)20-18(3,4)5/h7-12,15H,6H2,1-5H3,(H,20,24). The second-order valence-corrected chi connectivity index (χ2v) is 7.80. The Labute approximate surface area is 158 Å². The van der Waals surface area contributed by atoms with E-state index in [1.807, 2.05) is 40.7 Å². The molecule has 2 aromatic heterocycles. The predicted octanol–water partition coefficient (Wildman–Crippen LogP) is 2.83. The molecule has 1 N–H and O–H groups in total. The molecule has 2 heterocycles. The van der Waals surface area contributed by atoms with Gasteiger partial charge in [-0.15, -0.1) is 5.10 Å². The average molecular weight is 375 g/mol. The van der Waals surface area contributed by atoms with E-state index in [-0.39, 0.29) is 23.6 Å². The molecule has 2 unspecified atom stereocenters. The van der Waals surface area contributed by atoms with E-state index in [0.29, 0.717) is 12.0 Å². The molecule has 0 aliphatic carbocycles. The highest BCUT2D eigenvalue weighted by molar-refractivity contribution is 7.03. The van der Waals surface area contributed by atoms with E-state index in [1.54, 1.807) is 28.7 Å². The summed E-state index contributed by atoms with van der Waals surface area (Å²) in [6, 6.07) is 2.60. The third kappa shape index (κ3) is 4.85. The highest BCUT2D eigenvalue weighted by Crippen LogP contribution is 2.27. The molecular weight excluding hydrogens is 350 g/mol. The van der Waals surface area contributed by atoms with Gasteiger partial charge in [0.25, 0.3) is 5.91 Å². The topological polar surface area (TPSA) is 88.1 Å². The van der Waals surface area contributed by atoms with Crippen LogP contribution in [0.1, 0.15) is 63.1 Å². The molecule has 2 amide bonds. The monoisotopic (exact) mass is 375 g/mol. The molecule has 0 aromatic carbocycles. The smallest absolute Gasteiger partial charge is 0.276 e. The third-order valence-electron chi connectivity index (χ3n) is 3.90. The Morgan fingerprint density at radius 2 is 2.08 bits per heavy atom. The number of nitrogens with zero attached hydrogens (tertiary/aromatic N) is 4. The number of amides is 2. The van der Waals surface area contributed by atoms with E-state index >= 15 is 0 Å². The fraction of sp³-hybridized carbons (Fsp3) is 0.500. The van der Waals surface area contributed by atoms with Crippen LogP contribution < -0.4 is 5.32 Å². The van der Waals surface area contributed by atoms with E-state index in [0.717, 1.165) is 11.5 Å². The maximum atomic E-state index is 13.1. The van der Waals surface area contributed by atoms with E-state index in [2.05, 4.69) is 19.9 Å². The first kappa shape index (κ1) is 20.0. The second kappa shape index (κ2) is 8.35. The molecule has 0 saturated carbocycles. The van der Waals surface area contributed by atoms with Crippen LogP contribution in [0.2, 0.25) is 0 Å². The summed E-state index contributed by atoms with van der Waals surface area (Å²) in [5.74, 6) is -0.562. The lowest BCUT2D eigenvalue weighted by Crippen LogP contribution is -2.51. The molecule has 0 spiro atoms. The SMILES string of the molecule is CCC(C)N(C(=O)c1csnn1)C(C(=O)NC(C)(C)C)c1cccnc1. The Balaban J connectivity index is 2.51. The van der Waals surface area contributed by atoms with Gasteiger partial charge >= 0.3 is 0 Å². The van der Waals surface area contributed by atoms with Crippen molar-refractivity contribution in [2.75, 3.05) is 0 Å². The van der Waals surface area contributed by atoms with E-state index < -0.39 is 11.6 Å². The minimum atomic E-state index is -0.799. The maximum Gasteiger partial charge on any atom is 0.276 e. The van der Waals surface area contributed by atoms with Crippen LogP contribution in [0.25, 0.3) is 0 Å². The number of rotatable bonds is 6. The highest BCUT2D eigenvalue weighted by atomic mass is 32.1. The lowest BCUT2D eigenvalue weighted by molar-refractivity contribution is -0.128. The van der Waals surface area contributed by atoms with Gasteiger partial charge < -0.3 is 10.2 Å². The summed E-state index contributed by atoms with van der Waals surface area (Å²) in [7, 11) is 0. The van der Waals surface area contributed by atoms with Crippen LogP contribution in [0.4, 0.5) is 0 Å². The number of hydrogen-bond acceptors (Lipinski definition) is 6. The Hall–Kier alpha value is -2.35. The van der Waals surface area contributed by atoms with E-state index in [9.17, 15) is 9.59 Å². The fourth-order valence-electron chi connectivity index (χ4n) is 2.57. The van der Waals surface area contributed by atoms with E-state index in [4.69, 9.17) is 0 Å². The summed E-state index contributed by atoms with van der Waals surface area (Å²) in [6.45, 7) is 9.62. The van der Waals surface area contributed by atoms with Gasteiger partial charge in [-0.05, 0) is 51.7 Å². The molecule has 0 bridgehead atoms. The number of carbonyl (C=O) groups is 2. The molecule has 2 atom stereocenters. The van der Waals surface area contributed by atoms with Crippen molar-refractivity contribution < 1.29 is 9.59 Å². The Morgan fingerprint density at radius 1 is 1.35 bits per heavy atom. The number of hydrogen-bond donors (Lipinski definition) is 1. The number of pyridine rings is 1.